The second-order valence-corrected chi connectivity index (χ2v) is 5.54. The Labute approximate surface area is 135 Å². The Kier molecular flexibility index (Phi) is 6.20. The molecule has 1 aromatic carbocycles. The molecule has 0 aliphatic heterocycles. The van der Waals surface area contributed by atoms with Crippen LogP contribution in [0.5, 0.6) is 0 Å². The summed E-state index contributed by atoms with van der Waals surface area (Å²) >= 11 is 5.89. The van der Waals surface area contributed by atoms with Gasteiger partial charge in [0.25, 0.3) is 0 Å². The van der Waals surface area contributed by atoms with Crippen molar-refractivity contribution in [2.24, 2.45) is 0 Å². The molecule has 0 amide bonds. The van der Waals surface area contributed by atoms with Crippen molar-refractivity contribution >= 4 is 29.9 Å². The summed E-state index contributed by atoms with van der Waals surface area (Å²) in [7, 11) is 1.74. The zero-order valence-corrected chi connectivity index (χ0v) is 13.7. The van der Waals surface area contributed by atoms with E-state index in [1.165, 1.54) is 0 Å². The molecular weight excluding hydrogens is 340 g/mol. The number of hydrogen-bond donors (Lipinski definition) is 0. The molecule has 2 aromatic rings. The highest BCUT2D eigenvalue weighted by atomic mass is 35.5. The first kappa shape index (κ1) is 19.5. The Morgan fingerprint density at radius 2 is 1.65 bits per heavy atom. The Morgan fingerprint density at radius 1 is 1.17 bits per heavy atom. The fourth-order valence-electron chi connectivity index (χ4n) is 2.10. The van der Waals surface area contributed by atoms with E-state index in [1.54, 1.807) is 22.9 Å². The van der Waals surface area contributed by atoms with Crippen molar-refractivity contribution in [3.05, 3.63) is 28.4 Å². The van der Waals surface area contributed by atoms with Crippen LogP contribution in [0.15, 0.2) is 18.2 Å². The van der Waals surface area contributed by atoms with E-state index in [1.807, 2.05) is 38.0 Å². The second-order valence-electron chi connectivity index (χ2n) is 5.11. The van der Waals surface area contributed by atoms with Crippen molar-refractivity contribution in [2.75, 3.05) is 28.2 Å². The van der Waals surface area contributed by atoms with Crippen LogP contribution in [-0.2, 0) is 0 Å². The lowest BCUT2D eigenvalue weighted by Crippen LogP contribution is -2.40. The number of rotatable bonds is 3. The average Bonchev–Trinajstić information content (AvgIpc) is 2.63. The minimum atomic E-state index is -6.00. The first-order valence-electron chi connectivity index (χ1n) is 6.39. The molecule has 130 valence electrons. The molecule has 0 atom stereocenters. The van der Waals surface area contributed by atoms with E-state index in [9.17, 15) is 22.5 Å². The van der Waals surface area contributed by atoms with Crippen LogP contribution in [0.25, 0.3) is 11.0 Å². The molecule has 0 unspecified atom stereocenters. The van der Waals surface area contributed by atoms with Crippen LogP contribution >= 0.6 is 11.6 Å². The van der Waals surface area contributed by atoms with Crippen LogP contribution in [0.1, 0.15) is 6.29 Å². The maximum absolute atomic E-state index is 11.8. The van der Waals surface area contributed by atoms with Crippen LogP contribution in [0, 0.1) is 5.21 Å². The predicted octanol–water partition coefficient (Wildman–Crippen LogP) is 2.20. The van der Waals surface area contributed by atoms with Crippen molar-refractivity contribution < 1.29 is 22.1 Å². The molecule has 2 rings (SSSR count). The van der Waals surface area contributed by atoms with E-state index < -0.39 is 7.25 Å². The van der Waals surface area contributed by atoms with Gasteiger partial charge >= 0.3 is 7.25 Å². The maximum Gasteiger partial charge on any atom is 0.673 e. The van der Waals surface area contributed by atoms with Gasteiger partial charge < -0.3 is 22.5 Å². The van der Waals surface area contributed by atoms with E-state index in [0.717, 1.165) is 5.52 Å². The average molecular weight is 357 g/mol. The third kappa shape index (κ3) is 5.52. The minimum Gasteiger partial charge on any atom is -0.691 e. The molecule has 12 heteroatoms. The number of benzene rings is 1. The standard InChI is InChI=1S/C11H16ClN5O.BF4/c1-14(2)11(15(3)4)16-9-6-5-8(12)7-10(9)17(18)13-16;2-1(3,4)5/h5-7,11H,1-4H3;/q;-1. The Bertz CT molecular complexity index is 650. The number of aromatic nitrogens is 3. The van der Waals surface area contributed by atoms with Gasteiger partial charge in [0, 0.05) is 11.1 Å². The molecule has 1 heterocycles. The van der Waals surface area contributed by atoms with Crippen molar-refractivity contribution in [1.29, 1.82) is 0 Å². The van der Waals surface area contributed by atoms with Gasteiger partial charge in [-0.1, -0.05) is 16.3 Å². The van der Waals surface area contributed by atoms with Gasteiger partial charge in [-0.05, 0) is 40.3 Å². The number of fused-ring (bicyclic) bond motifs is 1. The van der Waals surface area contributed by atoms with Crippen LogP contribution in [0.2, 0.25) is 5.02 Å². The monoisotopic (exact) mass is 356 g/mol. The van der Waals surface area contributed by atoms with Crippen molar-refractivity contribution in [1.82, 2.24) is 19.7 Å². The molecule has 23 heavy (non-hydrogen) atoms. The van der Waals surface area contributed by atoms with Crippen LogP contribution in [0.3, 0.4) is 0 Å². The molecule has 0 radical (unpaired) electrons. The SMILES string of the molecule is CN(C)C(N(C)C)n1n[n+]([O-])c2cc(Cl)ccc21.F[B-](F)(F)F. The second kappa shape index (κ2) is 7.32. The van der Waals surface area contributed by atoms with Crippen molar-refractivity contribution in [3.63, 3.8) is 0 Å². The summed E-state index contributed by atoms with van der Waals surface area (Å²) in [6, 6.07) is 5.18. The molecule has 0 aliphatic rings. The molecule has 1 aromatic heterocycles. The van der Waals surface area contributed by atoms with Crippen LogP contribution < -0.4 is 4.85 Å². The predicted molar refractivity (Wildman–Crippen MR) is 80.3 cm³/mol. The first-order valence-corrected chi connectivity index (χ1v) is 6.77. The Hall–Kier alpha value is -1.59. The third-order valence-electron chi connectivity index (χ3n) is 2.71. The van der Waals surface area contributed by atoms with Gasteiger partial charge in [-0.15, -0.1) is 4.85 Å². The molecular formula is C11H16BClF4N5O-. The summed E-state index contributed by atoms with van der Waals surface area (Å²) in [5.74, 6) is 0. The summed E-state index contributed by atoms with van der Waals surface area (Å²) < 4.78 is 40.7. The van der Waals surface area contributed by atoms with Gasteiger partial charge in [0.05, 0.1) is 5.21 Å². The number of nitrogens with zero attached hydrogens (tertiary/aromatic N) is 5. The highest BCUT2D eigenvalue weighted by Gasteiger charge is 2.27. The van der Waals surface area contributed by atoms with Gasteiger partial charge in [-0.2, -0.15) is 0 Å². The number of halogens is 5. The summed E-state index contributed by atoms with van der Waals surface area (Å²) in [5.41, 5.74) is 1.22. The van der Waals surface area contributed by atoms with Gasteiger partial charge in [0.1, 0.15) is 0 Å². The lowest BCUT2D eigenvalue weighted by Gasteiger charge is -2.25. The smallest absolute Gasteiger partial charge is 0.673 e. The maximum atomic E-state index is 11.8. The lowest BCUT2D eigenvalue weighted by molar-refractivity contribution is -0.647. The highest BCUT2D eigenvalue weighted by molar-refractivity contribution is 6.50. The van der Waals surface area contributed by atoms with E-state index in [-0.39, 0.29) is 6.29 Å². The molecule has 0 saturated heterocycles. The Balaban J connectivity index is 0.000000463. The number of hydrogen-bond acceptors (Lipinski definition) is 4. The van der Waals surface area contributed by atoms with Crippen LogP contribution in [0.4, 0.5) is 17.3 Å². The van der Waals surface area contributed by atoms with Crippen molar-refractivity contribution in [3.8, 4) is 0 Å². The quantitative estimate of drug-likeness (QED) is 0.278. The zero-order chi connectivity index (χ0) is 17.9. The summed E-state index contributed by atoms with van der Waals surface area (Å²) in [4.78, 5) is 4.54. The third-order valence-corrected chi connectivity index (χ3v) is 2.95. The molecule has 0 aliphatic carbocycles. The van der Waals surface area contributed by atoms with Gasteiger partial charge in [-0.3, -0.25) is 9.80 Å². The Morgan fingerprint density at radius 3 is 2.09 bits per heavy atom. The highest BCUT2D eigenvalue weighted by Crippen LogP contribution is 2.20. The molecule has 0 saturated carbocycles. The van der Waals surface area contributed by atoms with E-state index in [4.69, 9.17) is 11.6 Å². The van der Waals surface area contributed by atoms with Crippen LogP contribution in [-0.4, -0.2) is 55.1 Å². The lowest BCUT2D eigenvalue weighted by atomic mass is 10.3. The van der Waals surface area contributed by atoms with E-state index in [0.29, 0.717) is 15.4 Å². The fraction of sp³-hybridized carbons (Fsp3) is 0.455. The molecule has 0 fully saturated rings. The largest absolute Gasteiger partial charge is 0.691 e. The van der Waals surface area contributed by atoms with Crippen molar-refractivity contribution in [2.45, 2.75) is 6.29 Å². The summed E-state index contributed by atoms with van der Waals surface area (Å²) in [6.07, 6.45) is -0.135. The van der Waals surface area contributed by atoms with Gasteiger partial charge in [0.2, 0.25) is 17.3 Å². The topological polar surface area (TPSA) is 51.2 Å². The van der Waals surface area contributed by atoms with Gasteiger partial charge in [0.15, 0.2) is 0 Å². The zero-order valence-electron chi connectivity index (χ0n) is 12.9. The fourth-order valence-corrected chi connectivity index (χ4v) is 2.26. The van der Waals surface area contributed by atoms with E-state index in [2.05, 4.69) is 5.21 Å². The summed E-state index contributed by atoms with van der Waals surface area (Å²) in [6.45, 7) is 0. The van der Waals surface area contributed by atoms with E-state index >= 15 is 0 Å². The molecule has 0 spiro atoms. The summed E-state index contributed by atoms with van der Waals surface area (Å²) in [5, 5.41) is 16.3. The minimum absolute atomic E-state index is 0.135. The first-order chi connectivity index (χ1) is 10.4. The molecule has 0 N–H and O–H groups in total. The normalized spacial score (nSPS) is 12.2. The van der Waals surface area contributed by atoms with Gasteiger partial charge in [-0.25, -0.2) is 0 Å². The molecule has 0 bridgehead atoms. The molecule has 6 nitrogen and oxygen atoms in total.